The second-order valence-corrected chi connectivity index (χ2v) is 12.4. The summed E-state index contributed by atoms with van der Waals surface area (Å²) >= 11 is 0. The molecule has 0 bridgehead atoms. The maximum Gasteiger partial charge on any atom is 0.256 e. The first kappa shape index (κ1) is 25.6. The third-order valence-corrected chi connectivity index (χ3v) is 9.89. The summed E-state index contributed by atoms with van der Waals surface area (Å²) in [6.07, 6.45) is 8.77. The zero-order valence-electron chi connectivity index (χ0n) is 25.2. The van der Waals surface area contributed by atoms with Crippen molar-refractivity contribution in [3.8, 4) is 17.2 Å². The van der Waals surface area contributed by atoms with Crippen LogP contribution >= 0.6 is 0 Å². The van der Waals surface area contributed by atoms with Crippen molar-refractivity contribution in [2.45, 2.75) is 12.8 Å². The van der Waals surface area contributed by atoms with Crippen LogP contribution in [-0.4, -0.2) is 11.3 Å². The number of para-hydroxylation sites is 4. The fraction of sp³-hybridized carbons (Fsp3) is 0.0476. The smallest absolute Gasteiger partial charge is 0.256 e. The number of ether oxygens (including phenoxy) is 1. The minimum absolute atomic E-state index is 0.0970. The van der Waals surface area contributed by atoms with Gasteiger partial charge in [0.15, 0.2) is 0 Å². The van der Waals surface area contributed by atoms with E-state index in [9.17, 15) is 0 Å². The molecule has 3 aliphatic rings. The molecule has 0 spiro atoms. The molecule has 3 nitrogen and oxygen atoms in total. The lowest BCUT2D eigenvalue weighted by Crippen LogP contribution is -2.58. The molecule has 216 valence electrons. The Morgan fingerprint density at radius 3 is 2.13 bits per heavy atom. The van der Waals surface area contributed by atoms with Crippen molar-refractivity contribution in [2.75, 3.05) is 4.90 Å². The third-order valence-electron chi connectivity index (χ3n) is 9.89. The maximum absolute atomic E-state index is 6.93. The van der Waals surface area contributed by atoms with Crippen LogP contribution in [0.5, 0.6) is 11.5 Å². The number of nitrogens with zero attached hydrogens (tertiary/aromatic N) is 2. The van der Waals surface area contributed by atoms with E-state index in [1.54, 1.807) is 0 Å². The van der Waals surface area contributed by atoms with Gasteiger partial charge in [-0.3, -0.25) is 0 Å². The molecule has 46 heavy (non-hydrogen) atoms. The Morgan fingerprint density at radius 2 is 1.37 bits per heavy atom. The number of fused-ring (bicyclic) bond motifs is 8. The average molecular weight is 589 g/mol. The van der Waals surface area contributed by atoms with Crippen LogP contribution in [0, 0.1) is 0 Å². The van der Waals surface area contributed by atoms with Crippen LogP contribution in [0.1, 0.15) is 18.4 Å². The Kier molecular flexibility index (Phi) is 5.50. The van der Waals surface area contributed by atoms with Crippen LogP contribution < -0.4 is 26.0 Å². The topological polar surface area (TPSA) is 17.4 Å². The molecule has 1 aromatic heterocycles. The van der Waals surface area contributed by atoms with E-state index in [1.165, 1.54) is 55.0 Å². The highest BCUT2D eigenvalue weighted by atomic mass is 16.5. The molecule has 0 saturated carbocycles. The number of aromatic nitrogens is 1. The molecule has 0 saturated heterocycles. The van der Waals surface area contributed by atoms with Gasteiger partial charge in [-0.05, 0) is 95.5 Å². The molecule has 10 rings (SSSR count). The Labute approximate surface area is 268 Å². The molecule has 0 amide bonds. The molecule has 4 heteroatoms. The van der Waals surface area contributed by atoms with Crippen LogP contribution in [0.4, 0.5) is 17.1 Å². The van der Waals surface area contributed by atoms with Crippen molar-refractivity contribution in [1.82, 2.24) is 4.57 Å². The molecule has 6 aromatic carbocycles. The second kappa shape index (κ2) is 9.88. The molecule has 0 radical (unpaired) electrons. The summed E-state index contributed by atoms with van der Waals surface area (Å²) < 4.78 is 9.42. The molecule has 2 aliphatic heterocycles. The quantitative estimate of drug-likeness (QED) is 0.191. The maximum atomic E-state index is 6.93. The van der Waals surface area contributed by atoms with E-state index in [0.717, 1.165) is 41.4 Å². The number of hydrogen-bond donors (Lipinski definition) is 0. The SMILES string of the molecule is C1=CCCC(c2cc3c4cc(N(c5ccccc5)c5ccccc5)ccc4n4c3c3c2Oc2ccccc2B3c2ccccc2-4)=C1. The fourth-order valence-electron chi connectivity index (χ4n) is 7.95. The Hall–Kier alpha value is -5.74. The number of hydrogen-bond acceptors (Lipinski definition) is 2. The third kappa shape index (κ3) is 3.61. The van der Waals surface area contributed by atoms with Gasteiger partial charge in [-0.25, -0.2) is 0 Å². The summed E-state index contributed by atoms with van der Waals surface area (Å²) in [5.74, 6) is 1.96. The van der Waals surface area contributed by atoms with Gasteiger partial charge in [-0.2, -0.15) is 0 Å². The molecular weight excluding hydrogens is 559 g/mol. The van der Waals surface area contributed by atoms with Crippen LogP contribution in [0.3, 0.4) is 0 Å². The normalized spacial score (nSPS) is 14.1. The molecule has 0 atom stereocenters. The second-order valence-electron chi connectivity index (χ2n) is 12.4. The van der Waals surface area contributed by atoms with Gasteiger partial charge in [0.2, 0.25) is 0 Å². The summed E-state index contributed by atoms with van der Waals surface area (Å²) in [4.78, 5) is 2.35. The minimum atomic E-state index is 0.0970. The predicted octanol–water partition coefficient (Wildman–Crippen LogP) is 8.92. The van der Waals surface area contributed by atoms with Crippen LogP contribution in [0.2, 0.25) is 0 Å². The van der Waals surface area contributed by atoms with Gasteiger partial charge in [0.1, 0.15) is 11.5 Å². The van der Waals surface area contributed by atoms with E-state index in [4.69, 9.17) is 4.74 Å². The van der Waals surface area contributed by atoms with Gasteiger partial charge in [0.25, 0.3) is 6.71 Å². The summed E-state index contributed by atoms with van der Waals surface area (Å²) in [6.45, 7) is 0.0970. The Bertz CT molecular complexity index is 2370. The van der Waals surface area contributed by atoms with Gasteiger partial charge in [-0.15, -0.1) is 0 Å². The molecule has 0 N–H and O–H groups in total. The van der Waals surface area contributed by atoms with Crippen molar-refractivity contribution in [3.63, 3.8) is 0 Å². The molecule has 0 unspecified atom stereocenters. The van der Waals surface area contributed by atoms with E-state index in [2.05, 4.69) is 161 Å². The van der Waals surface area contributed by atoms with Crippen molar-refractivity contribution < 1.29 is 4.74 Å². The summed E-state index contributed by atoms with van der Waals surface area (Å²) in [5.41, 5.74) is 13.5. The zero-order chi connectivity index (χ0) is 30.2. The first-order chi connectivity index (χ1) is 22.8. The van der Waals surface area contributed by atoms with Crippen molar-refractivity contribution >= 4 is 67.5 Å². The number of benzene rings is 6. The van der Waals surface area contributed by atoms with E-state index in [0.29, 0.717) is 0 Å². The average Bonchev–Trinajstić information content (AvgIpc) is 3.46. The van der Waals surface area contributed by atoms with Crippen molar-refractivity contribution in [2.24, 2.45) is 0 Å². The van der Waals surface area contributed by atoms with Gasteiger partial charge >= 0.3 is 0 Å². The van der Waals surface area contributed by atoms with Gasteiger partial charge < -0.3 is 14.2 Å². The highest BCUT2D eigenvalue weighted by molar-refractivity contribution is 6.99. The first-order valence-corrected chi connectivity index (χ1v) is 16.1. The predicted molar refractivity (Wildman–Crippen MR) is 193 cm³/mol. The standard InChI is InChI=1S/C42H29BN2O/c1-4-14-28(15-5-1)32-27-34-33-26-31(44(29-16-6-2-7-17-29)30-18-8-3-9-19-30)24-25-37(33)45-38-22-12-10-20-35(38)43-36-21-11-13-23-39(36)46-42(32)40(43)41(34)45/h1-4,6-14,16-27H,5,15H2. The first-order valence-electron chi connectivity index (χ1n) is 16.1. The molecular formula is C42H29BN2O. The zero-order valence-corrected chi connectivity index (χ0v) is 25.2. The van der Waals surface area contributed by atoms with Crippen molar-refractivity contribution in [1.29, 1.82) is 0 Å². The van der Waals surface area contributed by atoms with E-state index < -0.39 is 0 Å². The van der Waals surface area contributed by atoms with Crippen LogP contribution in [0.15, 0.2) is 152 Å². The largest absolute Gasteiger partial charge is 0.458 e. The fourth-order valence-corrected chi connectivity index (χ4v) is 7.95. The number of anilines is 3. The highest BCUT2D eigenvalue weighted by Gasteiger charge is 2.41. The van der Waals surface area contributed by atoms with E-state index in [-0.39, 0.29) is 6.71 Å². The molecule has 3 heterocycles. The molecule has 7 aromatic rings. The van der Waals surface area contributed by atoms with Crippen LogP contribution in [-0.2, 0) is 0 Å². The lowest BCUT2D eigenvalue weighted by molar-refractivity contribution is 0.486. The van der Waals surface area contributed by atoms with Gasteiger partial charge in [0.05, 0.1) is 11.0 Å². The van der Waals surface area contributed by atoms with Gasteiger partial charge in [0, 0.05) is 39.1 Å². The number of allylic oxidation sites excluding steroid dienone is 4. The minimum Gasteiger partial charge on any atom is -0.458 e. The van der Waals surface area contributed by atoms with E-state index >= 15 is 0 Å². The summed E-state index contributed by atoms with van der Waals surface area (Å²) in [7, 11) is 0. The monoisotopic (exact) mass is 588 g/mol. The summed E-state index contributed by atoms with van der Waals surface area (Å²) in [5, 5.41) is 2.51. The van der Waals surface area contributed by atoms with Gasteiger partial charge in [-0.1, -0.05) is 91.0 Å². The highest BCUT2D eigenvalue weighted by Crippen LogP contribution is 2.45. The number of rotatable bonds is 4. The Balaban J connectivity index is 1.33. The van der Waals surface area contributed by atoms with E-state index in [1.807, 2.05) is 0 Å². The Morgan fingerprint density at radius 1 is 0.652 bits per heavy atom. The molecule has 0 fully saturated rings. The van der Waals surface area contributed by atoms with Crippen LogP contribution in [0.25, 0.3) is 33.1 Å². The van der Waals surface area contributed by atoms with Crippen molar-refractivity contribution in [3.05, 3.63) is 157 Å². The lowest BCUT2D eigenvalue weighted by atomic mass is 9.34. The summed E-state index contributed by atoms with van der Waals surface area (Å²) in [6, 6.07) is 48.2. The molecule has 1 aliphatic carbocycles. The lowest BCUT2D eigenvalue weighted by Gasteiger charge is -2.34.